The fraction of sp³-hybridized carbons (Fsp3) is 0.0938. The van der Waals surface area contributed by atoms with Gasteiger partial charge in [-0.05, 0) is 156 Å². The molecule has 1 atom stereocenters. The molecule has 0 saturated carbocycles. The van der Waals surface area contributed by atoms with Crippen LogP contribution in [0.15, 0.2) is 224 Å². The molecule has 65 heavy (non-hydrogen) atoms. The van der Waals surface area contributed by atoms with Gasteiger partial charge in [-0.1, -0.05) is 196 Å². The summed E-state index contributed by atoms with van der Waals surface area (Å²) in [5.74, 6) is 0. The first-order chi connectivity index (χ1) is 31.9. The summed E-state index contributed by atoms with van der Waals surface area (Å²) in [5.41, 5.74) is 26.1. The Bertz CT molecular complexity index is 3310. The van der Waals surface area contributed by atoms with Gasteiger partial charge in [-0.15, -0.1) is 0 Å². The van der Waals surface area contributed by atoms with Crippen LogP contribution in [0, 0.1) is 0 Å². The Balaban J connectivity index is 0.985. The Morgan fingerprint density at radius 3 is 1.51 bits per heavy atom. The third-order valence-electron chi connectivity index (χ3n) is 14.6. The maximum absolute atomic E-state index is 2.48. The number of hydrogen-bond donors (Lipinski definition) is 0. The zero-order valence-corrected chi connectivity index (χ0v) is 37.3. The molecule has 9 aromatic rings. The second-order valence-corrected chi connectivity index (χ2v) is 18.3. The van der Waals surface area contributed by atoms with Gasteiger partial charge in [0.25, 0.3) is 0 Å². The lowest BCUT2D eigenvalue weighted by Crippen LogP contribution is -2.30. The van der Waals surface area contributed by atoms with Crippen LogP contribution in [0.4, 0.5) is 17.1 Å². The van der Waals surface area contributed by atoms with Crippen molar-refractivity contribution in [1.29, 1.82) is 0 Å². The predicted molar refractivity (Wildman–Crippen MR) is 274 cm³/mol. The highest BCUT2D eigenvalue weighted by Gasteiger charge is 2.52. The van der Waals surface area contributed by atoms with E-state index in [1.165, 1.54) is 112 Å². The third-order valence-corrected chi connectivity index (χ3v) is 14.6. The Morgan fingerprint density at radius 1 is 0.400 bits per heavy atom. The lowest BCUT2D eigenvalue weighted by molar-refractivity contribution is 0.632. The molecule has 0 radical (unpaired) electrons. The van der Waals surface area contributed by atoms with Crippen LogP contribution in [0.1, 0.15) is 66.6 Å². The molecule has 9 aromatic carbocycles. The molecule has 0 bridgehead atoms. The fourth-order valence-corrected chi connectivity index (χ4v) is 11.6. The van der Waals surface area contributed by atoms with E-state index >= 15 is 0 Å². The molecule has 1 heterocycles. The molecule has 1 nitrogen and oxygen atoms in total. The standard InChI is InChI=1S/C64H49N/c1-5-18-42(6-2)50-25-17-28-57-62(50)52-24-14-16-27-55(52)64(57)54-26-15-13-23-51(54)53-39-46(31-36-56(53)64)45-29-34-49(35-30-45)65-60-37-32-47(43-19-9-7-10-20-43)40-58(60)63(3,4)59-41-48(33-38-61(59)65)44-21-11-8-12-22-44/h5-41H,1-4H3/b18-5-,42-6+. The van der Waals surface area contributed by atoms with Crippen molar-refractivity contribution in [3.8, 4) is 55.6 Å². The first kappa shape index (κ1) is 38.9. The molecule has 12 rings (SSSR count). The van der Waals surface area contributed by atoms with Crippen molar-refractivity contribution in [2.24, 2.45) is 0 Å². The Morgan fingerprint density at radius 2 is 0.892 bits per heavy atom. The summed E-state index contributed by atoms with van der Waals surface area (Å²) in [7, 11) is 0. The molecule has 0 saturated heterocycles. The SMILES string of the molecule is C/C=C\C(=C/C)c1cccc2c1-c1ccccc1C21c2ccccc2-c2cc(-c3ccc(N4c5ccc(-c6ccccc6)cc5C(C)(C)c5cc(-c6ccccc6)ccc54)cc3)ccc21. The highest BCUT2D eigenvalue weighted by Crippen LogP contribution is 2.64. The largest absolute Gasteiger partial charge is 0.310 e. The molecule has 2 aliphatic carbocycles. The summed E-state index contributed by atoms with van der Waals surface area (Å²) in [6.07, 6.45) is 6.63. The van der Waals surface area contributed by atoms with Crippen LogP contribution in [-0.2, 0) is 10.8 Å². The summed E-state index contributed by atoms with van der Waals surface area (Å²) in [6.45, 7) is 9.02. The topological polar surface area (TPSA) is 3.24 Å². The zero-order valence-electron chi connectivity index (χ0n) is 37.3. The molecule has 0 fully saturated rings. The molecule has 1 unspecified atom stereocenters. The van der Waals surface area contributed by atoms with Gasteiger partial charge in [0.05, 0.1) is 16.8 Å². The van der Waals surface area contributed by atoms with Crippen molar-refractivity contribution in [3.63, 3.8) is 0 Å². The van der Waals surface area contributed by atoms with Crippen molar-refractivity contribution in [2.75, 3.05) is 4.90 Å². The third kappa shape index (κ3) is 5.71. The zero-order chi connectivity index (χ0) is 43.9. The minimum absolute atomic E-state index is 0.238. The van der Waals surface area contributed by atoms with Crippen LogP contribution in [0.5, 0.6) is 0 Å². The van der Waals surface area contributed by atoms with Gasteiger partial charge in [0, 0.05) is 11.1 Å². The maximum atomic E-state index is 2.48. The number of anilines is 3. The van der Waals surface area contributed by atoms with Crippen molar-refractivity contribution in [3.05, 3.63) is 263 Å². The number of benzene rings is 9. The highest BCUT2D eigenvalue weighted by atomic mass is 15.2. The Kier molecular flexibility index (Phi) is 8.94. The summed E-state index contributed by atoms with van der Waals surface area (Å²) >= 11 is 0. The van der Waals surface area contributed by atoms with E-state index in [1.807, 2.05) is 0 Å². The summed E-state index contributed by atoms with van der Waals surface area (Å²) in [5, 5.41) is 0. The first-order valence-electron chi connectivity index (χ1n) is 23.0. The second kappa shape index (κ2) is 14.9. The van der Waals surface area contributed by atoms with E-state index in [4.69, 9.17) is 0 Å². The Labute approximate surface area is 383 Å². The van der Waals surface area contributed by atoms with Gasteiger partial charge in [0.1, 0.15) is 0 Å². The maximum Gasteiger partial charge on any atom is 0.0725 e. The summed E-state index contributed by atoms with van der Waals surface area (Å²) in [6, 6.07) is 77.2. The number of rotatable bonds is 6. The first-order valence-corrected chi connectivity index (χ1v) is 23.0. The predicted octanol–water partition coefficient (Wildman–Crippen LogP) is 17.1. The van der Waals surface area contributed by atoms with E-state index in [0.29, 0.717) is 0 Å². The van der Waals surface area contributed by atoms with Gasteiger partial charge < -0.3 is 4.90 Å². The van der Waals surface area contributed by atoms with Crippen molar-refractivity contribution >= 4 is 22.6 Å². The van der Waals surface area contributed by atoms with Crippen molar-refractivity contribution in [2.45, 2.75) is 38.5 Å². The number of nitrogens with zero attached hydrogens (tertiary/aromatic N) is 1. The lowest BCUT2D eigenvalue weighted by Gasteiger charge is -2.42. The Hall–Kier alpha value is -7.74. The normalized spacial score (nSPS) is 16.2. The van der Waals surface area contributed by atoms with E-state index in [9.17, 15) is 0 Å². The number of fused-ring (bicyclic) bond motifs is 12. The minimum atomic E-state index is -0.408. The molecule has 0 amide bonds. The minimum Gasteiger partial charge on any atom is -0.310 e. The van der Waals surface area contributed by atoms with Crippen LogP contribution in [0.3, 0.4) is 0 Å². The van der Waals surface area contributed by atoms with Crippen LogP contribution in [0.2, 0.25) is 0 Å². The van der Waals surface area contributed by atoms with E-state index in [-0.39, 0.29) is 5.41 Å². The molecular formula is C64H49N. The molecule has 1 spiro atoms. The van der Waals surface area contributed by atoms with E-state index in [0.717, 1.165) is 5.69 Å². The number of allylic oxidation sites excluding steroid dienone is 4. The van der Waals surface area contributed by atoms with E-state index in [1.54, 1.807) is 0 Å². The smallest absolute Gasteiger partial charge is 0.0725 e. The van der Waals surface area contributed by atoms with Gasteiger partial charge in [-0.2, -0.15) is 0 Å². The van der Waals surface area contributed by atoms with Gasteiger partial charge >= 0.3 is 0 Å². The summed E-state index contributed by atoms with van der Waals surface area (Å²) < 4.78 is 0. The molecule has 1 aliphatic heterocycles. The quantitative estimate of drug-likeness (QED) is 0.151. The van der Waals surface area contributed by atoms with Gasteiger partial charge in [0.2, 0.25) is 0 Å². The number of hydrogen-bond acceptors (Lipinski definition) is 1. The van der Waals surface area contributed by atoms with Crippen LogP contribution in [0.25, 0.3) is 61.2 Å². The molecule has 1 heteroatoms. The summed E-state index contributed by atoms with van der Waals surface area (Å²) in [4.78, 5) is 2.48. The molecule has 3 aliphatic rings. The average Bonchev–Trinajstić information content (AvgIpc) is 3.83. The molecule has 0 N–H and O–H groups in total. The lowest BCUT2D eigenvalue weighted by atomic mass is 9.70. The van der Waals surface area contributed by atoms with Crippen molar-refractivity contribution < 1.29 is 0 Å². The second-order valence-electron chi connectivity index (χ2n) is 18.3. The van der Waals surface area contributed by atoms with Crippen LogP contribution in [-0.4, -0.2) is 0 Å². The van der Waals surface area contributed by atoms with Gasteiger partial charge in [-0.3, -0.25) is 0 Å². The van der Waals surface area contributed by atoms with Crippen molar-refractivity contribution in [1.82, 2.24) is 0 Å². The van der Waals surface area contributed by atoms with Crippen LogP contribution < -0.4 is 4.90 Å². The fourth-order valence-electron chi connectivity index (χ4n) is 11.6. The van der Waals surface area contributed by atoms with Gasteiger partial charge in [-0.25, -0.2) is 0 Å². The molecular weight excluding hydrogens is 783 g/mol. The van der Waals surface area contributed by atoms with Gasteiger partial charge in [0.15, 0.2) is 0 Å². The molecule has 310 valence electrons. The molecule has 0 aromatic heterocycles. The van der Waals surface area contributed by atoms with E-state index < -0.39 is 5.41 Å². The monoisotopic (exact) mass is 831 g/mol. The average molecular weight is 832 g/mol. The highest BCUT2D eigenvalue weighted by molar-refractivity contribution is 6.00. The van der Waals surface area contributed by atoms with E-state index in [2.05, 4.69) is 257 Å². The van der Waals surface area contributed by atoms with Crippen LogP contribution >= 0.6 is 0 Å².